The van der Waals surface area contributed by atoms with E-state index in [0.29, 0.717) is 19.5 Å². The molecule has 76 valence electrons. The summed E-state index contributed by atoms with van der Waals surface area (Å²) in [5.41, 5.74) is 0. The number of hydrogen-bond acceptors (Lipinski definition) is 3. The van der Waals surface area contributed by atoms with E-state index in [-0.39, 0.29) is 5.91 Å². The average molecular weight is 188 g/mol. The highest BCUT2D eigenvalue weighted by Crippen LogP contribution is 1.90. The van der Waals surface area contributed by atoms with Crippen LogP contribution in [0, 0.1) is 5.92 Å². The Bertz CT molecular complexity index is 182. The molecule has 0 radical (unpaired) electrons. The van der Waals surface area contributed by atoms with E-state index in [1.807, 2.05) is 0 Å². The van der Waals surface area contributed by atoms with Gasteiger partial charge in [0.05, 0.1) is 5.92 Å². The molecule has 1 atom stereocenters. The van der Waals surface area contributed by atoms with E-state index in [2.05, 4.69) is 10.6 Å². The van der Waals surface area contributed by atoms with Gasteiger partial charge in [0.15, 0.2) is 0 Å². The molecule has 0 spiro atoms. The third kappa shape index (κ3) is 6.10. The molecular formula is C8H16N2O3. The van der Waals surface area contributed by atoms with Crippen molar-refractivity contribution in [3.8, 4) is 0 Å². The van der Waals surface area contributed by atoms with Gasteiger partial charge in [-0.15, -0.1) is 0 Å². The Balaban J connectivity index is 3.35. The molecule has 0 aromatic rings. The van der Waals surface area contributed by atoms with E-state index in [0.717, 1.165) is 0 Å². The second-order valence-electron chi connectivity index (χ2n) is 2.87. The monoisotopic (exact) mass is 188 g/mol. The fraction of sp³-hybridized carbons (Fsp3) is 0.750. The van der Waals surface area contributed by atoms with Gasteiger partial charge in [-0.3, -0.25) is 9.59 Å². The van der Waals surface area contributed by atoms with Gasteiger partial charge in [-0.2, -0.15) is 0 Å². The van der Waals surface area contributed by atoms with Crippen molar-refractivity contribution in [3.05, 3.63) is 0 Å². The molecule has 0 rings (SSSR count). The normalized spacial score (nSPS) is 12.2. The van der Waals surface area contributed by atoms with Crippen LogP contribution in [0.5, 0.6) is 0 Å². The predicted molar refractivity (Wildman–Crippen MR) is 48.4 cm³/mol. The van der Waals surface area contributed by atoms with Gasteiger partial charge in [-0.05, 0) is 0 Å². The van der Waals surface area contributed by atoms with Gasteiger partial charge in [0.1, 0.15) is 0 Å². The summed E-state index contributed by atoms with van der Waals surface area (Å²) in [6.07, 6.45) is 0.378. The van der Waals surface area contributed by atoms with E-state index < -0.39 is 11.9 Å². The van der Waals surface area contributed by atoms with Crippen LogP contribution in [-0.4, -0.2) is 37.1 Å². The number of amides is 1. The maximum atomic E-state index is 10.7. The standard InChI is InChI=1S/C8H16N2O3/c1-6(8(12)13)5-10-4-3-7(11)9-2/h6,10H,3-5H2,1-2H3,(H,9,11)(H,12,13). The number of carboxylic acid groups (broad SMARTS) is 1. The molecule has 0 saturated heterocycles. The van der Waals surface area contributed by atoms with Gasteiger partial charge in [0, 0.05) is 26.6 Å². The van der Waals surface area contributed by atoms with Crippen LogP contribution in [0.1, 0.15) is 13.3 Å². The van der Waals surface area contributed by atoms with Crippen LogP contribution in [0.2, 0.25) is 0 Å². The van der Waals surface area contributed by atoms with Crippen LogP contribution >= 0.6 is 0 Å². The number of hydrogen-bond donors (Lipinski definition) is 3. The van der Waals surface area contributed by atoms with Gasteiger partial charge in [-0.25, -0.2) is 0 Å². The lowest BCUT2D eigenvalue weighted by atomic mass is 10.2. The Kier molecular flexibility index (Phi) is 5.88. The molecule has 0 fully saturated rings. The lowest BCUT2D eigenvalue weighted by Gasteiger charge is -2.07. The Morgan fingerprint density at radius 1 is 1.46 bits per heavy atom. The van der Waals surface area contributed by atoms with E-state index in [4.69, 9.17) is 5.11 Å². The predicted octanol–water partition coefficient (Wildman–Crippen LogP) is -0.567. The van der Waals surface area contributed by atoms with Crippen LogP contribution in [0.15, 0.2) is 0 Å². The van der Waals surface area contributed by atoms with Gasteiger partial charge in [-0.1, -0.05) is 6.92 Å². The topological polar surface area (TPSA) is 78.4 Å². The van der Waals surface area contributed by atoms with E-state index in [9.17, 15) is 9.59 Å². The quantitative estimate of drug-likeness (QED) is 0.488. The molecule has 5 nitrogen and oxygen atoms in total. The summed E-state index contributed by atoms with van der Waals surface area (Å²) >= 11 is 0. The van der Waals surface area contributed by atoms with Gasteiger partial charge in [0.2, 0.25) is 5.91 Å². The molecule has 0 bridgehead atoms. The van der Waals surface area contributed by atoms with Gasteiger partial charge >= 0.3 is 5.97 Å². The number of rotatable bonds is 6. The van der Waals surface area contributed by atoms with Crippen LogP contribution < -0.4 is 10.6 Å². The molecule has 0 aliphatic heterocycles. The molecule has 1 amide bonds. The van der Waals surface area contributed by atoms with Crippen LogP contribution in [-0.2, 0) is 9.59 Å². The van der Waals surface area contributed by atoms with E-state index in [1.54, 1.807) is 14.0 Å². The number of carbonyl (C=O) groups excluding carboxylic acids is 1. The Labute approximate surface area is 77.5 Å². The van der Waals surface area contributed by atoms with Gasteiger partial charge in [0.25, 0.3) is 0 Å². The van der Waals surface area contributed by atoms with Crippen molar-refractivity contribution in [2.45, 2.75) is 13.3 Å². The zero-order valence-corrected chi connectivity index (χ0v) is 7.96. The summed E-state index contributed by atoms with van der Waals surface area (Å²) in [5, 5.41) is 13.9. The lowest BCUT2D eigenvalue weighted by Crippen LogP contribution is -2.30. The first-order valence-electron chi connectivity index (χ1n) is 4.22. The minimum Gasteiger partial charge on any atom is -0.481 e. The zero-order valence-electron chi connectivity index (χ0n) is 7.96. The number of carbonyl (C=O) groups is 2. The lowest BCUT2D eigenvalue weighted by molar-refractivity contribution is -0.140. The van der Waals surface area contributed by atoms with Crippen molar-refractivity contribution in [2.75, 3.05) is 20.1 Å². The summed E-state index contributed by atoms with van der Waals surface area (Å²) in [4.78, 5) is 21.1. The van der Waals surface area contributed by atoms with E-state index in [1.165, 1.54) is 0 Å². The molecule has 0 aromatic carbocycles. The highest BCUT2D eigenvalue weighted by Gasteiger charge is 2.09. The average Bonchev–Trinajstić information content (AvgIpc) is 2.11. The molecule has 3 N–H and O–H groups in total. The summed E-state index contributed by atoms with van der Waals surface area (Å²) < 4.78 is 0. The van der Waals surface area contributed by atoms with Crippen LogP contribution in [0.4, 0.5) is 0 Å². The summed E-state index contributed by atoms with van der Waals surface area (Å²) in [7, 11) is 1.57. The maximum Gasteiger partial charge on any atom is 0.307 e. The molecule has 0 aromatic heterocycles. The molecule has 0 aliphatic rings. The first-order valence-corrected chi connectivity index (χ1v) is 4.22. The molecule has 0 heterocycles. The van der Waals surface area contributed by atoms with Crippen molar-refractivity contribution in [2.24, 2.45) is 5.92 Å². The highest BCUT2D eigenvalue weighted by atomic mass is 16.4. The molecule has 13 heavy (non-hydrogen) atoms. The van der Waals surface area contributed by atoms with Crippen molar-refractivity contribution < 1.29 is 14.7 Å². The fourth-order valence-corrected chi connectivity index (χ4v) is 0.733. The third-order valence-electron chi connectivity index (χ3n) is 1.68. The van der Waals surface area contributed by atoms with E-state index >= 15 is 0 Å². The minimum atomic E-state index is -0.826. The molecular weight excluding hydrogens is 172 g/mol. The largest absolute Gasteiger partial charge is 0.481 e. The fourth-order valence-electron chi connectivity index (χ4n) is 0.733. The molecule has 0 saturated carbocycles. The SMILES string of the molecule is CNC(=O)CCNCC(C)C(=O)O. The van der Waals surface area contributed by atoms with Crippen LogP contribution in [0.25, 0.3) is 0 Å². The van der Waals surface area contributed by atoms with Crippen molar-refractivity contribution in [1.29, 1.82) is 0 Å². The Morgan fingerprint density at radius 2 is 2.08 bits per heavy atom. The smallest absolute Gasteiger partial charge is 0.307 e. The second-order valence-corrected chi connectivity index (χ2v) is 2.87. The van der Waals surface area contributed by atoms with Crippen LogP contribution in [0.3, 0.4) is 0 Å². The first-order chi connectivity index (χ1) is 6.07. The summed E-state index contributed by atoms with van der Waals surface area (Å²) in [6, 6.07) is 0. The summed E-state index contributed by atoms with van der Waals surface area (Å²) in [6.45, 7) is 2.53. The number of aliphatic carboxylic acids is 1. The van der Waals surface area contributed by atoms with Crippen molar-refractivity contribution in [3.63, 3.8) is 0 Å². The maximum absolute atomic E-state index is 10.7. The molecule has 5 heteroatoms. The molecule has 0 aliphatic carbocycles. The first kappa shape index (κ1) is 11.9. The third-order valence-corrected chi connectivity index (χ3v) is 1.68. The Morgan fingerprint density at radius 3 is 2.54 bits per heavy atom. The summed E-state index contributed by atoms with van der Waals surface area (Å²) in [5.74, 6) is -1.28. The number of carboxylic acids is 1. The minimum absolute atomic E-state index is 0.0459. The van der Waals surface area contributed by atoms with Crippen molar-refractivity contribution in [1.82, 2.24) is 10.6 Å². The number of nitrogens with one attached hydrogen (secondary N) is 2. The zero-order chi connectivity index (χ0) is 10.3. The molecule has 1 unspecified atom stereocenters. The highest BCUT2D eigenvalue weighted by molar-refractivity contribution is 5.75. The van der Waals surface area contributed by atoms with Gasteiger partial charge < -0.3 is 15.7 Å². The Hall–Kier alpha value is -1.10. The van der Waals surface area contributed by atoms with Crippen molar-refractivity contribution >= 4 is 11.9 Å². The second kappa shape index (κ2) is 6.42.